The van der Waals surface area contributed by atoms with Crippen LogP contribution in [0, 0.1) is 22.5 Å². The molecule has 23 heavy (non-hydrogen) atoms. The van der Waals surface area contributed by atoms with Crippen molar-refractivity contribution in [1.82, 2.24) is 14.7 Å². The van der Waals surface area contributed by atoms with Gasteiger partial charge in [-0.1, -0.05) is 5.92 Å². The molecular weight excluding hydrogens is 300 g/mol. The van der Waals surface area contributed by atoms with Crippen LogP contribution in [-0.4, -0.2) is 37.7 Å². The normalized spacial score (nSPS) is 10.1. The second-order valence-corrected chi connectivity index (χ2v) is 4.87. The number of aromatic nitrogens is 2. The summed E-state index contributed by atoms with van der Waals surface area (Å²) in [5, 5.41) is 24.3. The predicted octanol–water partition coefficient (Wildman–Crippen LogP) is 1.40. The van der Waals surface area contributed by atoms with Gasteiger partial charge in [0.1, 0.15) is 6.54 Å². The van der Waals surface area contributed by atoms with Crippen molar-refractivity contribution in [1.29, 1.82) is 0 Å². The molecule has 118 valence electrons. The highest BCUT2D eigenvalue weighted by Gasteiger charge is 2.19. The third-order valence-corrected chi connectivity index (χ3v) is 3.13. The Morgan fingerprint density at radius 3 is 2.96 bits per heavy atom. The number of carbonyl (C=O) groups excluding carboxylic acids is 1. The van der Waals surface area contributed by atoms with Crippen LogP contribution in [0.2, 0.25) is 0 Å². The second kappa shape index (κ2) is 6.62. The number of rotatable bonds is 5. The highest BCUT2D eigenvalue weighted by molar-refractivity contribution is 5.95. The maximum Gasteiger partial charge on any atom is 0.311 e. The monoisotopic (exact) mass is 314 g/mol. The number of amides is 1. The summed E-state index contributed by atoms with van der Waals surface area (Å²) in [6.07, 6.45) is 8.52. The number of hydrogen-bond acceptors (Lipinski definition) is 5. The lowest BCUT2D eigenvalue weighted by Gasteiger charge is -2.16. The molecule has 0 atom stereocenters. The van der Waals surface area contributed by atoms with Crippen LogP contribution in [0.25, 0.3) is 0 Å². The number of phenols is 1. The third kappa shape index (κ3) is 3.65. The minimum atomic E-state index is -0.740. The summed E-state index contributed by atoms with van der Waals surface area (Å²) in [6, 6.07) is 3.52. The molecule has 1 aromatic carbocycles. The average Bonchev–Trinajstić information content (AvgIpc) is 2.94. The Morgan fingerprint density at radius 2 is 2.30 bits per heavy atom. The molecule has 0 aliphatic rings. The first-order valence-corrected chi connectivity index (χ1v) is 6.60. The molecule has 8 nitrogen and oxygen atoms in total. The highest BCUT2D eigenvalue weighted by Crippen LogP contribution is 2.26. The Labute approximate surface area is 132 Å². The van der Waals surface area contributed by atoms with Crippen LogP contribution in [-0.2, 0) is 13.1 Å². The van der Waals surface area contributed by atoms with Gasteiger partial charge in [0, 0.05) is 37.0 Å². The predicted molar refractivity (Wildman–Crippen MR) is 81.6 cm³/mol. The standard InChI is InChI=1S/C15H14N4O4/c1-3-6-18-10-11(8-16-18)9-17(2)15(21)12-4-5-14(20)13(7-12)19(22)23/h1,4-5,7-8,10,20H,6,9H2,2H3. The number of nitrogens with zero attached hydrogens (tertiary/aromatic N) is 4. The molecule has 1 heterocycles. The molecule has 0 saturated carbocycles. The van der Waals surface area contributed by atoms with E-state index in [1.54, 1.807) is 24.1 Å². The molecule has 0 bridgehead atoms. The van der Waals surface area contributed by atoms with E-state index in [1.165, 1.54) is 11.0 Å². The zero-order valence-electron chi connectivity index (χ0n) is 12.3. The molecule has 0 radical (unpaired) electrons. The summed E-state index contributed by atoms with van der Waals surface area (Å²) in [6.45, 7) is 0.611. The Kier molecular flexibility index (Phi) is 4.61. The molecule has 0 unspecified atom stereocenters. The molecule has 1 aromatic heterocycles. The molecule has 1 N–H and O–H groups in total. The maximum atomic E-state index is 12.3. The van der Waals surface area contributed by atoms with E-state index in [0.29, 0.717) is 6.54 Å². The number of nitro benzene ring substituents is 1. The van der Waals surface area contributed by atoms with E-state index in [0.717, 1.165) is 17.7 Å². The first kappa shape index (κ1) is 16.0. The van der Waals surface area contributed by atoms with E-state index < -0.39 is 22.3 Å². The zero-order chi connectivity index (χ0) is 17.0. The van der Waals surface area contributed by atoms with E-state index in [-0.39, 0.29) is 12.1 Å². The topological polar surface area (TPSA) is 102 Å². The first-order chi connectivity index (χ1) is 10.9. The maximum absolute atomic E-state index is 12.3. The lowest BCUT2D eigenvalue weighted by molar-refractivity contribution is -0.385. The van der Waals surface area contributed by atoms with Gasteiger partial charge in [0.05, 0.1) is 11.1 Å². The van der Waals surface area contributed by atoms with E-state index in [1.807, 2.05) is 0 Å². The van der Waals surface area contributed by atoms with Crippen LogP contribution < -0.4 is 0 Å². The summed E-state index contributed by atoms with van der Waals surface area (Å²) in [5.41, 5.74) is 0.392. The molecular formula is C15H14N4O4. The summed E-state index contributed by atoms with van der Waals surface area (Å²) in [7, 11) is 1.57. The summed E-state index contributed by atoms with van der Waals surface area (Å²) in [4.78, 5) is 23.8. The quantitative estimate of drug-likeness (QED) is 0.510. The van der Waals surface area contributed by atoms with Gasteiger partial charge in [0.25, 0.3) is 5.91 Å². The minimum Gasteiger partial charge on any atom is -0.502 e. The van der Waals surface area contributed by atoms with E-state index >= 15 is 0 Å². The van der Waals surface area contributed by atoms with Crippen molar-refractivity contribution < 1.29 is 14.8 Å². The largest absolute Gasteiger partial charge is 0.502 e. The summed E-state index contributed by atoms with van der Waals surface area (Å²) in [5.74, 6) is 1.57. The van der Waals surface area contributed by atoms with Gasteiger partial charge in [-0.2, -0.15) is 5.10 Å². The fraction of sp³-hybridized carbons (Fsp3) is 0.200. The van der Waals surface area contributed by atoms with Crippen molar-refractivity contribution in [3.8, 4) is 18.1 Å². The smallest absolute Gasteiger partial charge is 0.311 e. The molecule has 0 aliphatic carbocycles. The summed E-state index contributed by atoms with van der Waals surface area (Å²) < 4.78 is 1.57. The Hall–Kier alpha value is -3.34. The minimum absolute atomic E-state index is 0.119. The van der Waals surface area contributed by atoms with Gasteiger partial charge in [0.15, 0.2) is 5.75 Å². The van der Waals surface area contributed by atoms with Gasteiger partial charge in [-0.25, -0.2) is 0 Å². The molecule has 8 heteroatoms. The molecule has 0 aliphatic heterocycles. The molecule has 0 fully saturated rings. The van der Waals surface area contributed by atoms with Crippen molar-refractivity contribution in [2.24, 2.45) is 0 Å². The van der Waals surface area contributed by atoms with E-state index in [9.17, 15) is 20.0 Å². The second-order valence-electron chi connectivity index (χ2n) is 4.87. The molecule has 0 spiro atoms. The van der Waals surface area contributed by atoms with Crippen LogP contribution in [0.5, 0.6) is 5.75 Å². The lowest BCUT2D eigenvalue weighted by atomic mass is 10.1. The highest BCUT2D eigenvalue weighted by atomic mass is 16.6. The van der Waals surface area contributed by atoms with Crippen molar-refractivity contribution in [2.75, 3.05) is 7.05 Å². The van der Waals surface area contributed by atoms with Gasteiger partial charge in [-0.3, -0.25) is 19.6 Å². The van der Waals surface area contributed by atoms with Gasteiger partial charge in [-0.15, -0.1) is 6.42 Å². The molecule has 2 aromatic rings. The molecule has 2 rings (SSSR count). The first-order valence-electron chi connectivity index (χ1n) is 6.60. The molecule has 1 amide bonds. The zero-order valence-corrected chi connectivity index (χ0v) is 12.3. The Balaban J connectivity index is 2.14. The van der Waals surface area contributed by atoms with Gasteiger partial charge in [0.2, 0.25) is 0 Å². The number of carbonyl (C=O) groups is 1. The van der Waals surface area contributed by atoms with Crippen LogP contribution in [0.15, 0.2) is 30.6 Å². The van der Waals surface area contributed by atoms with Crippen molar-refractivity contribution >= 4 is 11.6 Å². The SMILES string of the molecule is C#CCn1cc(CN(C)C(=O)c2ccc(O)c([N+](=O)[O-])c2)cn1. The Bertz CT molecular complexity index is 791. The van der Waals surface area contributed by atoms with Gasteiger partial charge < -0.3 is 10.0 Å². The van der Waals surface area contributed by atoms with Crippen LogP contribution >= 0.6 is 0 Å². The van der Waals surface area contributed by atoms with Crippen LogP contribution in [0.1, 0.15) is 15.9 Å². The van der Waals surface area contributed by atoms with Crippen molar-refractivity contribution in [3.05, 3.63) is 51.8 Å². The fourth-order valence-electron chi connectivity index (χ4n) is 2.04. The lowest BCUT2D eigenvalue weighted by Crippen LogP contribution is -2.26. The number of phenolic OH excluding ortho intramolecular Hbond substituents is 1. The summed E-state index contributed by atoms with van der Waals surface area (Å²) >= 11 is 0. The average molecular weight is 314 g/mol. The number of aromatic hydroxyl groups is 1. The molecule has 0 saturated heterocycles. The van der Waals surface area contributed by atoms with Gasteiger partial charge in [-0.05, 0) is 12.1 Å². The van der Waals surface area contributed by atoms with Crippen molar-refractivity contribution in [2.45, 2.75) is 13.1 Å². The fourth-order valence-corrected chi connectivity index (χ4v) is 2.04. The van der Waals surface area contributed by atoms with Gasteiger partial charge >= 0.3 is 5.69 Å². The van der Waals surface area contributed by atoms with Crippen LogP contribution in [0.4, 0.5) is 5.69 Å². The Morgan fingerprint density at radius 1 is 1.57 bits per heavy atom. The number of hydrogen-bond donors (Lipinski definition) is 1. The number of benzene rings is 1. The number of nitro groups is 1. The third-order valence-electron chi connectivity index (χ3n) is 3.13. The van der Waals surface area contributed by atoms with Crippen molar-refractivity contribution in [3.63, 3.8) is 0 Å². The van der Waals surface area contributed by atoms with E-state index in [4.69, 9.17) is 6.42 Å². The van der Waals surface area contributed by atoms with E-state index in [2.05, 4.69) is 11.0 Å². The van der Waals surface area contributed by atoms with Crippen LogP contribution in [0.3, 0.4) is 0 Å². The number of terminal acetylenes is 1.